The molecule has 0 radical (unpaired) electrons. The van der Waals surface area contributed by atoms with E-state index in [-0.39, 0.29) is 12.1 Å². The first-order valence-electron chi connectivity index (χ1n) is 7.01. The summed E-state index contributed by atoms with van der Waals surface area (Å²) in [5, 5.41) is 12.8. The molecule has 3 nitrogen and oxygen atoms in total. The summed E-state index contributed by atoms with van der Waals surface area (Å²) < 4.78 is 5.16. The molecule has 0 aliphatic carbocycles. The molecule has 0 amide bonds. The molecule has 0 aliphatic rings. The standard InChI is InChI=1S/C18H20N2O/c1-13-6-4-5-7-17(13)18(12-19)20-14(2)15-8-10-16(21-3)11-9-15/h4-11,14,18,20H,1-3H3/t14-,18+/m0/s1. The van der Waals surface area contributed by atoms with Crippen molar-refractivity contribution >= 4 is 0 Å². The molecule has 2 aromatic carbocycles. The Hall–Kier alpha value is -2.31. The van der Waals surface area contributed by atoms with Crippen LogP contribution in [0.1, 0.15) is 35.7 Å². The molecule has 2 rings (SSSR count). The van der Waals surface area contributed by atoms with Crippen molar-refractivity contribution in [2.45, 2.75) is 25.9 Å². The van der Waals surface area contributed by atoms with Gasteiger partial charge in [-0.15, -0.1) is 0 Å². The van der Waals surface area contributed by atoms with E-state index in [2.05, 4.69) is 18.3 Å². The third-order valence-electron chi connectivity index (χ3n) is 3.66. The van der Waals surface area contributed by atoms with E-state index in [0.29, 0.717) is 0 Å². The average Bonchev–Trinajstić information content (AvgIpc) is 2.53. The van der Waals surface area contributed by atoms with Crippen molar-refractivity contribution in [2.75, 3.05) is 7.11 Å². The van der Waals surface area contributed by atoms with Gasteiger partial charge in [-0.25, -0.2) is 0 Å². The summed E-state index contributed by atoms with van der Waals surface area (Å²) in [7, 11) is 1.65. The predicted molar refractivity (Wildman–Crippen MR) is 84.1 cm³/mol. The number of hydrogen-bond donors (Lipinski definition) is 1. The minimum Gasteiger partial charge on any atom is -0.497 e. The van der Waals surface area contributed by atoms with Crippen LogP contribution in [0.2, 0.25) is 0 Å². The van der Waals surface area contributed by atoms with Crippen molar-refractivity contribution in [1.29, 1.82) is 5.26 Å². The van der Waals surface area contributed by atoms with Crippen molar-refractivity contribution in [1.82, 2.24) is 5.32 Å². The molecule has 108 valence electrons. The van der Waals surface area contributed by atoms with Crippen molar-refractivity contribution in [3.63, 3.8) is 0 Å². The Kier molecular flexibility index (Phi) is 4.97. The molecule has 0 spiro atoms. The Balaban J connectivity index is 2.14. The van der Waals surface area contributed by atoms with E-state index in [4.69, 9.17) is 4.74 Å². The maximum absolute atomic E-state index is 9.45. The van der Waals surface area contributed by atoms with Crippen LogP contribution in [0, 0.1) is 18.3 Å². The van der Waals surface area contributed by atoms with Crippen LogP contribution in [0.25, 0.3) is 0 Å². The molecule has 0 unspecified atom stereocenters. The number of nitrogens with zero attached hydrogens (tertiary/aromatic N) is 1. The quantitative estimate of drug-likeness (QED) is 0.903. The fraction of sp³-hybridized carbons (Fsp3) is 0.278. The van der Waals surface area contributed by atoms with Gasteiger partial charge in [-0.1, -0.05) is 36.4 Å². The number of hydrogen-bond acceptors (Lipinski definition) is 3. The number of methoxy groups -OCH3 is 1. The molecule has 0 heterocycles. The van der Waals surface area contributed by atoms with Crippen molar-refractivity contribution in [3.8, 4) is 11.8 Å². The van der Waals surface area contributed by atoms with E-state index in [1.807, 2.05) is 55.5 Å². The molecule has 2 atom stereocenters. The van der Waals surface area contributed by atoms with E-state index in [1.54, 1.807) is 7.11 Å². The molecule has 0 saturated heterocycles. The smallest absolute Gasteiger partial charge is 0.122 e. The summed E-state index contributed by atoms with van der Waals surface area (Å²) in [5.41, 5.74) is 3.28. The minimum atomic E-state index is -0.316. The average molecular weight is 280 g/mol. The zero-order chi connectivity index (χ0) is 15.2. The van der Waals surface area contributed by atoms with Gasteiger partial charge in [0.25, 0.3) is 0 Å². The van der Waals surface area contributed by atoms with E-state index >= 15 is 0 Å². The van der Waals surface area contributed by atoms with Gasteiger partial charge >= 0.3 is 0 Å². The van der Waals surface area contributed by atoms with Gasteiger partial charge in [0.05, 0.1) is 13.2 Å². The van der Waals surface area contributed by atoms with Crippen LogP contribution in [0.15, 0.2) is 48.5 Å². The molecule has 0 aromatic heterocycles. The fourth-order valence-corrected chi connectivity index (χ4v) is 2.35. The largest absolute Gasteiger partial charge is 0.497 e. The van der Waals surface area contributed by atoms with Crippen LogP contribution < -0.4 is 10.1 Å². The molecule has 0 bridgehead atoms. The predicted octanol–water partition coefficient (Wildman–Crippen LogP) is 3.92. The van der Waals surface area contributed by atoms with Gasteiger partial charge < -0.3 is 4.74 Å². The van der Waals surface area contributed by atoms with Gasteiger partial charge in [0.2, 0.25) is 0 Å². The lowest BCUT2D eigenvalue weighted by Gasteiger charge is -2.20. The second kappa shape index (κ2) is 6.92. The zero-order valence-corrected chi connectivity index (χ0v) is 12.6. The highest BCUT2D eigenvalue weighted by molar-refractivity contribution is 5.33. The third kappa shape index (κ3) is 3.62. The second-order valence-electron chi connectivity index (χ2n) is 5.08. The molecule has 21 heavy (non-hydrogen) atoms. The summed E-state index contributed by atoms with van der Waals surface area (Å²) in [6.45, 7) is 4.09. The van der Waals surface area contributed by atoms with E-state index < -0.39 is 0 Å². The van der Waals surface area contributed by atoms with Crippen molar-refractivity contribution in [2.24, 2.45) is 0 Å². The number of ether oxygens (including phenoxy) is 1. The lowest BCUT2D eigenvalue weighted by Crippen LogP contribution is -2.24. The Labute approximate surface area is 126 Å². The summed E-state index contributed by atoms with van der Waals surface area (Å²) >= 11 is 0. The molecule has 0 saturated carbocycles. The van der Waals surface area contributed by atoms with Gasteiger partial charge in [0.1, 0.15) is 11.8 Å². The van der Waals surface area contributed by atoms with Crippen LogP contribution in [0.4, 0.5) is 0 Å². The van der Waals surface area contributed by atoms with Crippen LogP contribution in [0.5, 0.6) is 5.75 Å². The molecular weight excluding hydrogens is 260 g/mol. The number of benzene rings is 2. The molecule has 0 fully saturated rings. The molecule has 3 heteroatoms. The highest BCUT2D eigenvalue weighted by Gasteiger charge is 2.16. The van der Waals surface area contributed by atoms with Crippen LogP contribution >= 0.6 is 0 Å². The van der Waals surface area contributed by atoms with Gasteiger partial charge in [0, 0.05) is 6.04 Å². The van der Waals surface area contributed by atoms with Crippen molar-refractivity contribution < 1.29 is 4.74 Å². The lowest BCUT2D eigenvalue weighted by molar-refractivity contribution is 0.414. The van der Waals surface area contributed by atoms with Gasteiger partial charge in [-0.2, -0.15) is 5.26 Å². The summed E-state index contributed by atoms with van der Waals surface area (Å²) in [6, 6.07) is 18.0. The van der Waals surface area contributed by atoms with Crippen LogP contribution in [0.3, 0.4) is 0 Å². The summed E-state index contributed by atoms with van der Waals surface area (Å²) in [4.78, 5) is 0. The summed E-state index contributed by atoms with van der Waals surface area (Å²) in [6.07, 6.45) is 0. The maximum atomic E-state index is 9.45. The summed E-state index contributed by atoms with van der Waals surface area (Å²) in [5.74, 6) is 0.835. The molecule has 2 aromatic rings. The Morgan fingerprint density at radius 1 is 1.10 bits per heavy atom. The van der Waals surface area contributed by atoms with Crippen LogP contribution in [-0.4, -0.2) is 7.11 Å². The second-order valence-corrected chi connectivity index (χ2v) is 5.08. The van der Waals surface area contributed by atoms with E-state index in [0.717, 1.165) is 22.4 Å². The number of rotatable bonds is 5. The maximum Gasteiger partial charge on any atom is 0.122 e. The normalized spacial score (nSPS) is 13.2. The van der Waals surface area contributed by atoms with Crippen LogP contribution in [-0.2, 0) is 0 Å². The first-order valence-corrected chi connectivity index (χ1v) is 7.01. The third-order valence-corrected chi connectivity index (χ3v) is 3.66. The van der Waals surface area contributed by atoms with E-state index in [1.165, 1.54) is 0 Å². The van der Waals surface area contributed by atoms with Gasteiger partial charge in [-0.05, 0) is 42.7 Å². The topological polar surface area (TPSA) is 45.0 Å². The van der Waals surface area contributed by atoms with Crippen molar-refractivity contribution in [3.05, 3.63) is 65.2 Å². The minimum absolute atomic E-state index is 0.0835. The Morgan fingerprint density at radius 3 is 2.33 bits per heavy atom. The molecule has 0 aliphatic heterocycles. The monoisotopic (exact) mass is 280 g/mol. The Morgan fingerprint density at radius 2 is 1.76 bits per heavy atom. The highest BCUT2D eigenvalue weighted by Crippen LogP contribution is 2.23. The number of nitrogens with one attached hydrogen (secondary N) is 1. The van der Waals surface area contributed by atoms with E-state index in [9.17, 15) is 5.26 Å². The number of nitriles is 1. The fourth-order valence-electron chi connectivity index (χ4n) is 2.35. The number of aryl methyl sites for hydroxylation is 1. The molecule has 1 N–H and O–H groups in total. The zero-order valence-electron chi connectivity index (χ0n) is 12.6. The SMILES string of the molecule is COc1ccc([C@H](C)N[C@H](C#N)c2ccccc2C)cc1. The molecular formula is C18H20N2O. The lowest BCUT2D eigenvalue weighted by atomic mass is 10.00. The highest BCUT2D eigenvalue weighted by atomic mass is 16.5. The Bertz CT molecular complexity index is 628. The van der Waals surface area contributed by atoms with Gasteiger partial charge in [0.15, 0.2) is 0 Å². The first kappa shape index (κ1) is 15.1. The first-order chi connectivity index (χ1) is 10.2. The van der Waals surface area contributed by atoms with Gasteiger partial charge in [-0.3, -0.25) is 5.32 Å².